The van der Waals surface area contributed by atoms with Gasteiger partial charge < -0.3 is 14.8 Å². The monoisotopic (exact) mass is 429 g/mol. The molecule has 32 heavy (non-hydrogen) atoms. The largest absolute Gasteiger partial charge is 0.465 e. The van der Waals surface area contributed by atoms with Gasteiger partial charge in [0.15, 0.2) is 0 Å². The van der Waals surface area contributed by atoms with Gasteiger partial charge in [-0.05, 0) is 37.3 Å². The molecule has 1 fully saturated rings. The van der Waals surface area contributed by atoms with Crippen LogP contribution in [0.5, 0.6) is 0 Å². The van der Waals surface area contributed by atoms with Gasteiger partial charge in [0.05, 0.1) is 5.54 Å². The third-order valence-electron chi connectivity index (χ3n) is 6.47. The van der Waals surface area contributed by atoms with Crippen molar-refractivity contribution in [1.82, 2.24) is 14.9 Å². The Morgan fingerprint density at radius 2 is 1.78 bits per heavy atom. The zero-order valence-electron chi connectivity index (χ0n) is 17.9. The summed E-state index contributed by atoms with van der Waals surface area (Å²) in [5.74, 6) is 1.14. The predicted molar refractivity (Wildman–Crippen MR) is 122 cm³/mol. The normalized spacial score (nSPS) is 14.8. The van der Waals surface area contributed by atoms with Crippen molar-refractivity contribution < 1.29 is 14.3 Å². The van der Waals surface area contributed by atoms with E-state index in [1.165, 1.54) is 4.57 Å². The highest BCUT2D eigenvalue weighted by Crippen LogP contribution is 2.43. The molecule has 2 N–H and O–H groups in total. The Hall–Kier alpha value is -3.87. The van der Waals surface area contributed by atoms with Crippen LogP contribution in [-0.2, 0) is 12.6 Å². The number of benzene rings is 2. The molecule has 1 aliphatic carbocycles. The standard InChI is InChI=1S/C25H23N3O4/c1-15-26-22-20(23(29)28(15)2)19(16-7-4-3-5-8-16)21(32-22)17-9-11-18(12-10-17)25(13-6-14-25)27-24(30)31/h3-5,7-12,27H,6,13-14H2,1-2H3,(H,30,31). The highest BCUT2D eigenvalue weighted by Gasteiger charge is 2.40. The maximum absolute atomic E-state index is 13.1. The number of nitrogens with zero attached hydrogens (tertiary/aromatic N) is 2. The minimum Gasteiger partial charge on any atom is -0.465 e. The highest BCUT2D eigenvalue weighted by atomic mass is 16.4. The molecule has 0 radical (unpaired) electrons. The van der Waals surface area contributed by atoms with Crippen LogP contribution in [0.1, 0.15) is 30.7 Å². The Balaban J connectivity index is 1.69. The number of carbonyl (C=O) groups is 1. The topological polar surface area (TPSA) is 97.4 Å². The summed E-state index contributed by atoms with van der Waals surface area (Å²) in [7, 11) is 1.70. The smallest absolute Gasteiger partial charge is 0.405 e. The number of furan rings is 1. The third-order valence-corrected chi connectivity index (χ3v) is 6.47. The number of carboxylic acid groups (broad SMARTS) is 1. The average Bonchev–Trinajstić information content (AvgIpc) is 3.14. The molecule has 1 aliphatic rings. The lowest BCUT2D eigenvalue weighted by Gasteiger charge is -2.42. The first-order chi connectivity index (χ1) is 15.4. The minimum atomic E-state index is -1.02. The van der Waals surface area contributed by atoms with Gasteiger partial charge in [0.1, 0.15) is 17.0 Å². The molecule has 0 unspecified atom stereocenters. The van der Waals surface area contributed by atoms with Crippen LogP contribution in [0.4, 0.5) is 4.79 Å². The maximum atomic E-state index is 13.1. The summed E-state index contributed by atoms with van der Waals surface area (Å²) in [6.07, 6.45) is 1.52. The number of rotatable bonds is 4. The number of hydrogen-bond acceptors (Lipinski definition) is 4. The van der Waals surface area contributed by atoms with Gasteiger partial charge in [-0.3, -0.25) is 9.36 Å². The van der Waals surface area contributed by atoms with Gasteiger partial charge in [0.2, 0.25) is 5.71 Å². The molecule has 0 spiro atoms. The van der Waals surface area contributed by atoms with E-state index in [0.29, 0.717) is 28.2 Å². The van der Waals surface area contributed by atoms with Gasteiger partial charge in [0, 0.05) is 18.2 Å². The zero-order valence-corrected chi connectivity index (χ0v) is 17.9. The maximum Gasteiger partial charge on any atom is 0.405 e. The van der Waals surface area contributed by atoms with Gasteiger partial charge in [-0.15, -0.1) is 0 Å². The second-order valence-corrected chi connectivity index (χ2v) is 8.32. The SMILES string of the molecule is Cc1nc2oc(-c3ccc(C4(NC(=O)O)CCC4)cc3)c(-c3ccccc3)c2c(=O)n1C. The van der Waals surface area contributed by atoms with Crippen molar-refractivity contribution in [2.75, 3.05) is 0 Å². The van der Waals surface area contributed by atoms with Crippen molar-refractivity contribution in [1.29, 1.82) is 0 Å². The van der Waals surface area contributed by atoms with E-state index in [1.54, 1.807) is 14.0 Å². The number of hydrogen-bond donors (Lipinski definition) is 2. The van der Waals surface area contributed by atoms with Crippen LogP contribution in [0.15, 0.2) is 63.8 Å². The van der Waals surface area contributed by atoms with Crippen LogP contribution in [0, 0.1) is 6.92 Å². The summed E-state index contributed by atoms with van der Waals surface area (Å²) in [5, 5.41) is 12.4. The molecule has 2 aromatic heterocycles. The fourth-order valence-electron chi connectivity index (χ4n) is 4.48. The fourth-order valence-corrected chi connectivity index (χ4v) is 4.48. The van der Waals surface area contributed by atoms with Gasteiger partial charge in [0.25, 0.3) is 5.56 Å². The Morgan fingerprint density at radius 1 is 1.09 bits per heavy atom. The van der Waals surface area contributed by atoms with E-state index < -0.39 is 11.6 Å². The number of nitrogens with one attached hydrogen (secondary N) is 1. The lowest BCUT2D eigenvalue weighted by Crippen LogP contribution is -2.50. The Morgan fingerprint density at radius 3 is 2.38 bits per heavy atom. The number of aromatic nitrogens is 2. The molecule has 4 aromatic rings. The second kappa shape index (κ2) is 7.37. The van der Waals surface area contributed by atoms with Gasteiger partial charge in [-0.25, -0.2) is 4.79 Å². The molecule has 7 nitrogen and oxygen atoms in total. The van der Waals surface area contributed by atoms with Crippen molar-refractivity contribution in [3.05, 3.63) is 76.3 Å². The first kappa shape index (κ1) is 20.1. The van der Waals surface area contributed by atoms with Crippen LogP contribution >= 0.6 is 0 Å². The summed E-state index contributed by atoms with van der Waals surface area (Å²) in [6, 6.07) is 17.4. The third kappa shape index (κ3) is 3.09. The van der Waals surface area contributed by atoms with E-state index >= 15 is 0 Å². The molecule has 0 aliphatic heterocycles. The van der Waals surface area contributed by atoms with Crippen molar-refractivity contribution in [3.63, 3.8) is 0 Å². The molecule has 5 rings (SSSR count). The molecule has 2 aromatic carbocycles. The average molecular weight is 429 g/mol. The molecule has 162 valence electrons. The number of amides is 1. The molecule has 1 saturated carbocycles. The van der Waals surface area contributed by atoms with Crippen LogP contribution in [-0.4, -0.2) is 20.8 Å². The van der Waals surface area contributed by atoms with E-state index in [-0.39, 0.29) is 5.56 Å². The molecule has 7 heteroatoms. The Labute approximate surface area is 184 Å². The second-order valence-electron chi connectivity index (χ2n) is 8.32. The lowest BCUT2D eigenvalue weighted by molar-refractivity contribution is 0.144. The summed E-state index contributed by atoms with van der Waals surface area (Å²) in [4.78, 5) is 28.9. The predicted octanol–water partition coefficient (Wildman–Crippen LogP) is 4.82. The summed E-state index contributed by atoms with van der Waals surface area (Å²) in [5.41, 5.74) is 2.94. The lowest BCUT2D eigenvalue weighted by atomic mass is 9.72. The highest BCUT2D eigenvalue weighted by molar-refractivity contribution is 6.00. The van der Waals surface area contributed by atoms with E-state index in [0.717, 1.165) is 36.0 Å². The number of aryl methyl sites for hydroxylation is 1. The Bertz CT molecular complexity index is 1380. The van der Waals surface area contributed by atoms with E-state index in [1.807, 2.05) is 54.6 Å². The Kier molecular flexibility index (Phi) is 4.62. The molecule has 2 heterocycles. The summed E-state index contributed by atoms with van der Waals surface area (Å²) in [6.45, 7) is 1.77. The minimum absolute atomic E-state index is 0.156. The van der Waals surface area contributed by atoms with E-state index in [2.05, 4.69) is 10.3 Å². The van der Waals surface area contributed by atoms with Crippen LogP contribution in [0.2, 0.25) is 0 Å². The van der Waals surface area contributed by atoms with Crippen LogP contribution in [0.25, 0.3) is 33.6 Å². The zero-order chi connectivity index (χ0) is 22.5. The van der Waals surface area contributed by atoms with Crippen molar-refractivity contribution in [2.45, 2.75) is 31.7 Å². The first-order valence-corrected chi connectivity index (χ1v) is 10.6. The van der Waals surface area contributed by atoms with E-state index in [9.17, 15) is 14.7 Å². The van der Waals surface area contributed by atoms with Crippen molar-refractivity contribution >= 4 is 17.2 Å². The fraction of sp³-hybridized carbons (Fsp3) is 0.240. The molecule has 1 amide bonds. The molecule has 0 saturated heterocycles. The number of fused-ring (bicyclic) bond motifs is 1. The van der Waals surface area contributed by atoms with Crippen LogP contribution in [0.3, 0.4) is 0 Å². The summed E-state index contributed by atoms with van der Waals surface area (Å²) >= 11 is 0. The van der Waals surface area contributed by atoms with Gasteiger partial charge in [-0.1, -0.05) is 54.6 Å². The quantitative estimate of drug-likeness (QED) is 0.485. The first-order valence-electron chi connectivity index (χ1n) is 10.6. The van der Waals surface area contributed by atoms with Crippen LogP contribution < -0.4 is 10.9 Å². The van der Waals surface area contributed by atoms with Gasteiger partial charge >= 0.3 is 6.09 Å². The van der Waals surface area contributed by atoms with Crippen molar-refractivity contribution in [3.8, 4) is 22.5 Å². The van der Waals surface area contributed by atoms with Gasteiger partial charge in [-0.2, -0.15) is 4.98 Å². The van der Waals surface area contributed by atoms with Crippen molar-refractivity contribution in [2.24, 2.45) is 7.05 Å². The van der Waals surface area contributed by atoms with E-state index in [4.69, 9.17) is 4.42 Å². The molecular formula is C25H23N3O4. The molecular weight excluding hydrogens is 406 g/mol. The summed E-state index contributed by atoms with van der Waals surface area (Å²) < 4.78 is 7.68. The molecule has 0 atom stereocenters. The molecule has 0 bridgehead atoms.